The monoisotopic (exact) mass is 459 g/mol. The van der Waals surface area contributed by atoms with Crippen LogP contribution >= 0.6 is 27.5 Å². The predicted octanol–water partition coefficient (Wildman–Crippen LogP) is 6.92. The minimum absolute atomic E-state index is 0.437. The SMILES string of the molecule is COc1cc(CNc2ccc(C)c(C)c2)cc(Br)c1OCc1ccc(Cl)cc1. The van der Waals surface area contributed by atoms with Gasteiger partial charge in [-0.1, -0.05) is 29.8 Å². The molecular weight excluding hydrogens is 438 g/mol. The predicted molar refractivity (Wildman–Crippen MR) is 120 cm³/mol. The van der Waals surface area contributed by atoms with E-state index in [-0.39, 0.29) is 0 Å². The number of benzene rings is 3. The smallest absolute Gasteiger partial charge is 0.175 e. The molecule has 0 radical (unpaired) electrons. The molecule has 0 saturated carbocycles. The van der Waals surface area contributed by atoms with E-state index in [4.69, 9.17) is 21.1 Å². The number of nitrogens with one attached hydrogen (secondary N) is 1. The summed E-state index contributed by atoms with van der Waals surface area (Å²) in [4.78, 5) is 0. The molecule has 0 unspecified atom stereocenters. The van der Waals surface area contributed by atoms with Gasteiger partial charge in [0.15, 0.2) is 11.5 Å². The van der Waals surface area contributed by atoms with Crippen LogP contribution in [0.2, 0.25) is 5.02 Å². The van der Waals surface area contributed by atoms with Gasteiger partial charge >= 0.3 is 0 Å². The molecule has 0 amide bonds. The average molecular weight is 461 g/mol. The van der Waals surface area contributed by atoms with Gasteiger partial charge in [-0.05, 0) is 88.4 Å². The third-order valence-corrected chi connectivity index (χ3v) is 5.43. The summed E-state index contributed by atoms with van der Waals surface area (Å²) in [5.41, 5.74) is 5.80. The highest BCUT2D eigenvalue weighted by Crippen LogP contribution is 2.37. The van der Waals surface area contributed by atoms with Gasteiger partial charge in [-0.25, -0.2) is 0 Å². The lowest BCUT2D eigenvalue weighted by Crippen LogP contribution is -2.03. The molecule has 0 aliphatic heterocycles. The zero-order valence-corrected chi connectivity index (χ0v) is 18.5. The lowest BCUT2D eigenvalue weighted by atomic mass is 10.1. The Morgan fingerprint density at radius 3 is 2.36 bits per heavy atom. The maximum absolute atomic E-state index is 6.00. The van der Waals surface area contributed by atoms with Gasteiger partial charge in [0.1, 0.15) is 6.61 Å². The molecule has 146 valence electrons. The maximum Gasteiger partial charge on any atom is 0.175 e. The first-order valence-electron chi connectivity index (χ1n) is 9.01. The van der Waals surface area contributed by atoms with Crippen LogP contribution in [0.4, 0.5) is 5.69 Å². The molecule has 3 aromatic rings. The minimum atomic E-state index is 0.437. The fourth-order valence-corrected chi connectivity index (χ4v) is 3.54. The number of hydrogen-bond acceptors (Lipinski definition) is 3. The van der Waals surface area contributed by atoms with Gasteiger partial charge in [-0.3, -0.25) is 0 Å². The van der Waals surface area contributed by atoms with E-state index < -0.39 is 0 Å². The quantitative estimate of drug-likeness (QED) is 0.415. The third kappa shape index (κ3) is 5.21. The second-order valence-electron chi connectivity index (χ2n) is 6.68. The highest BCUT2D eigenvalue weighted by molar-refractivity contribution is 9.10. The van der Waals surface area contributed by atoms with Gasteiger partial charge in [-0.15, -0.1) is 0 Å². The normalized spacial score (nSPS) is 10.6. The molecule has 0 atom stereocenters. The number of rotatable bonds is 7. The first kappa shape index (κ1) is 20.6. The van der Waals surface area contributed by atoms with Gasteiger partial charge < -0.3 is 14.8 Å². The first-order chi connectivity index (χ1) is 13.5. The minimum Gasteiger partial charge on any atom is -0.493 e. The van der Waals surface area contributed by atoms with E-state index >= 15 is 0 Å². The molecule has 28 heavy (non-hydrogen) atoms. The van der Waals surface area contributed by atoms with Crippen LogP contribution in [0.3, 0.4) is 0 Å². The third-order valence-electron chi connectivity index (χ3n) is 4.59. The van der Waals surface area contributed by atoms with E-state index in [0.29, 0.717) is 29.7 Å². The molecule has 0 aliphatic carbocycles. The Kier molecular flexibility index (Phi) is 6.87. The van der Waals surface area contributed by atoms with E-state index in [9.17, 15) is 0 Å². The lowest BCUT2D eigenvalue weighted by molar-refractivity contribution is 0.282. The summed E-state index contributed by atoms with van der Waals surface area (Å²) in [6.45, 7) is 5.36. The average Bonchev–Trinajstić information content (AvgIpc) is 2.69. The summed E-state index contributed by atoms with van der Waals surface area (Å²) < 4.78 is 12.4. The van der Waals surface area contributed by atoms with Crippen molar-refractivity contribution in [3.05, 3.63) is 86.3 Å². The van der Waals surface area contributed by atoms with Crippen molar-refractivity contribution in [2.75, 3.05) is 12.4 Å². The van der Waals surface area contributed by atoms with Crippen molar-refractivity contribution in [1.29, 1.82) is 0 Å². The number of hydrogen-bond donors (Lipinski definition) is 1. The number of halogens is 2. The van der Waals surface area contributed by atoms with Crippen molar-refractivity contribution in [2.24, 2.45) is 0 Å². The molecule has 3 rings (SSSR count). The highest BCUT2D eigenvalue weighted by Gasteiger charge is 2.12. The Balaban J connectivity index is 1.71. The lowest BCUT2D eigenvalue weighted by Gasteiger charge is -2.15. The second-order valence-corrected chi connectivity index (χ2v) is 7.97. The molecule has 0 heterocycles. The maximum atomic E-state index is 6.00. The second kappa shape index (κ2) is 9.35. The van der Waals surface area contributed by atoms with Crippen molar-refractivity contribution in [3.8, 4) is 11.5 Å². The summed E-state index contributed by atoms with van der Waals surface area (Å²) in [6, 6.07) is 18.0. The van der Waals surface area contributed by atoms with Gasteiger partial charge in [-0.2, -0.15) is 0 Å². The topological polar surface area (TPSA) is 30.5 Å². The van der Waals surface area contributed by atoms with Crippen LogP contribution in [0.5, 0.6) is 11.5 Å². The molecule has 3 aromatic carbocycles. The molecule has 0 fully saturated rings. The standard InChI is InChI=1S/C23H23BrClNO2/c1-15-4-9-20(10-16(15)2)26-13-18-11-21(24)23(22(12-18)27-3)28-14-17-5-7-19(25)8-6-17/h4-12,26H,13-14H2,1-3H3. The van der Waals surface area contributed by atoms with Gasteiger partial charge in [0.2, 0.25) is 0 Å². The van der Waals surface area contributed by atoms with Crippen LogP contribution in [0.25, 0.3) is 0 Å². The van der Waals surface area contributed by atoms with Gasteiger partial charge in [0, 0.05) is 17.3 Å². The molecule has 0 aromatic heterocycles. The molecule has 0 spiro atoms. The van der Waals surface area contributed by atoms with E-state index in [2.05, 4.69) is 53.3 Å². The van der Waals surface area contributed by atoms with Crippen LogP contribution in [-0.2, 0) is 13.2 Å². The first-order valence-corrected chi connectivity index (χ1v) is 10.2. The number of ether oxygens (including phenoxy) is 2. The molecular formula is C23H23BrClNO2. The fraction of sp³-hybridized carbons (Fsp3) is 0.217. The van der Waals surface area contributed by atoms with Crippen LogP contribution in [0.15, 0.2) is 59.1 Å². The van der Waals surface area contributed by atoms with Crippen LogP contribution in [0.1, 0.15) is 22.3 Å². The molecule has 0 saturated heterocycles. The Bertz CT molecular complexity index is 958. The Morgan fingerprint density at radius 2 is 1.68 bits per heavy atom. The summed E-state index contributed by atoms with van der Waals surface area (Å²) >= 11 is 9.55. The molecule has 0 bridgehead atoms. The summed E-state index contributed by atoms with van der Waals surface area (Å²) in [7, 11) is 1.65. The Hall–Kier alpha value is -2.17. The summed E-state index contributed by atoms with van der Waals surface area (Å²) in [6.07, 6.45) is 0. The van der Waals surface area contributed by atoms with E-state index in [1.807, 2.05) is 36.4 Å². The van der Waals surface area contributed by atoms with Crippen molar-refractivity contribution < 1.29 is 9.47 Å². The summed E-state index contributed by atoms with van der Waals surface area (Å²) in [5, 5.41) is 4.17. The fourth-order valence-electron chi connectivity index (χ4n) is 2.81. The Morgan fingerprint density at radius 1 is 0.929 bits per heavy atom. The zero-order valence-electron chi connectivity index (χ0n) is 16.2. The van der Waals surface area contributed by atoms with E-state index in [1.54, 1.807) is 7.11 Å². The Labute approximate surface area is 179 Å². The molecule has 3 nitrogen and oxygen atoms in total. The van der Waals surface area contributed by atoms with E-state index in [1.165, 1.54) is 11.1 Å². The van der Waals surface area contributed by atoms with Crippen molar-refractivity contribution in [3.63, 3.8) is 0 Å². The number of methoxy groups -OCH3 is 1. The number of aryl methyl sites for hydroxylation is 2. The van der Waals surface area contributed by atoms with Crippen LogP contribution < -0.4 is 14.8 Å². The molecule has 0 aliphatic rings. The van der Waals surface area contributed by atoms with Crippen molar-refractivity contribution in [1.82, 2.24) is 0 Å². The molecule has 1 N–H and O–H groups in total. The van der Waals surface area contributed by atoms with Crippen molar-refractivity contribution >= 4 is 33.2 Å². The van der Waals surface area contributed by atoms with Gasteiger partial charge in [0.25, 0.3) is 0 Å². The largest absolute Gasteiger partial charge is 0.493 e. The zero-order chi connectivity index (χ0) is 20.1. The van der Waals surface area contributed by atoms with Gasteiger partial charge in [0.05, 0.1) is 11.6 Å². The van der Waals surface area contributed by atoms with Crippen LogP contribution in [0, 0.1) is 13.8 Å². The molecule has 5 heteroatoms. The van der Waals surface area contributed by atoms with Crippen LogP contribution in [-0.4, -0.2) is 7.11 Å². The highest BCUT2D eigenvalue weighted by atomic mass is 79.9. The van der Waals surface area contributed by atoms with Crippen molar-refractivity contribution in [2.45, 2.75) is 27.0 Å². The van der Waals surface area contributed by atoms with E-state index in [0.717, 1.165) is 21.3 Å². The summed E-state index contributed by atoms with van der Waals surface area (Å²) in [5.74, 6) is 1.38. The number of anilines is 1.